The van der Waals surface area contributed by atoms with Crippen molar-refractivity contribution in [2.45, 2.75) is 27.2 Å². The van der Waals surface area contributed by atoms with Crippen LogP contribution in [0.4, 0.5) is 5.82 Å². The third-order valence-corrected chi connectivity index (χ3v) is 4.32. The van der Waals surface area contributed by atoms with Gasteiger partial charge in [-0.1, -0.05) is 13.8 Å². The summed E-state index contributed by atoms with van der Waals surface area (Å²) < 4.78 is 5.15. The van der Waals surface area contributed by atoms with Crippen molar-refractivity contribution in [3.05, 3.63) is 16.2 Å². The molecule has 0 spiro atoms. The summed E-state index contributed by atoms with van der Waals surface area (Å²) in [5.74, 6) is 0.815. The van der Waals surface area contributed by atoms with Crippen LogP contribution in [0.2, 0.25) is 5.28 Å². The van der Waals surface area contributed by atoms with E-state index in [9.17, 15) is 0 Å². The molecule has 0 aromatic carbocycles. The smallest absolute Gasteiger partial charge is 0.225 e. The van der Waals surface area contributed by atoms with Crippen LogP contribution in [0.15, 0.2) is 6.07 Å². The van der Waals surface area contributed by atoms with Gasteiger partial charge in [-0.2, -0.15) is 0 Å². The molecule has 0 aliphatic heterocycles. The molecule has 110 valence electrons. The zero-order valence-corrected chi connectivity index (χ0v) is 13.9. The summed E-state index contributed by atoms with van der Waals surface area (Å²) in [6.45, 7) is 8.04. The summed E-state index contributed by atoms with van der Waals surface area (Å²) >= 11 is 7.62. The Bertz CT molecular complexity index is 597. The van der Waals surface area contributed by atoms with E-state index in [1.807, 2.05) is 0 Å². The van der Waals surface area contributed by atoms with Crippen LogP contribution in [-0.4, -0.2) is 30.2 Å². The number of fused-ring (bicyclic) bond motifs is 1. The van der Waals surface area contributed by atoms with E-state index < -0.39 is 0 Å². The van der Waals surface area contributed by atoms with Gasteiger partial charge in [0.25, 0.3) is 0 Å². The van der Waals surface area contributed by atoms with Gasteiger partial charge in [0, 0.05) is 25.1 Å². The van der Waals surface area contributed by atoms with Crippen molar-refractivity contribution < 1.29 is 4.74 Å². The molecule has 2 aromatic heterocycles. The highest BCUT2D eigenvalue weighted by Crippen LogP contribution is 2.30. The van der Waals surface area contributed by atoms with Crippen molar-refractivity contribution in [3.8, 4) is 0 Å². The van der Waals surface area contributed by atoms with Gasteiger partial charge in [0.05, 0.1) is 5.39 Å². The van der Waals surface area contributed by atoms with Gasteiger partial charge in [0.1, 0.15) is 10.6 Å². The molecule has 0 aliphatic rings. The van der Waals surface area contributed by atoms with Crippen LogP contribution in [0.25, 0.3) is 10.2 Å². The van der Waals surface area contributed by atoms with Crippen molar-refractivity contribution in [1.82, 2.24) is 9.97 Å². The number of anilines is 1. The van der Waals surface area contributed by atoms with Crippen LogP contribution in [0.3, 0.4) is 0 Å². The molecular weight excluding hydrogens is 294 g/mol. The van der Waals surface area contributed by atoms with Crippen LogP contribution in [0.5, 0.6) is 0 Å². The maximum absolute atomic E-state index is 5.99. The number of rotatable bonds is 6. The number of thiophene rings is 1. The maximum atomic E-state index is 5.99. The van der Waals surface area contributed by atoms with Crippen molar-refractivity contribution in [2.75, 3.05) is 25.6 Å². The van der Waals surface area contributed by atoms with Crippen molar-refractivity contribution in [2.24, 2.45) is 5.41 Å². The van der Waals surface area contributed by atoms with Gasteiger partial charge in [-0.3, -0.25) is 0 Å². The highest BCUT2D eigenvalue weighted by atomic mass is 35.5. The Balaban J connectivity index is 2.17. The van der Waals surface area contributed by atoms with Crippen LogP contribution < -0.4 is 5.32 Å². The molecule has 0 saturated heterocycles. The Morgan fingerprint density at radius 1 is 1.40 bits per heavy atom. The molecule has 0 amide bonds. The van der Waals surface area contributed by atoms with E-state index in [4.69, 9.17) is 16.3 Å². The minimum atomic E-state index is 0.130. The minimum Gasteiger partial charge on any atom is -0.385 e. The van der Waals surface area contributed by atoms with E-state index in [0.29, 0.717) is 0 Å². The molecule has 2 aromatic rings. The summed E-state index contributed by atoms with van der Waals surface area (Å²) in [6.07, 6.45) is 0.987. The molecule has 0 unspecified atom stereocenters. The average Bonchev–Trinajstić information content (AvgIpc) is 2.74. The first kappa shape index (κ1) is 15.5. The number of hydrogen-bond acceptors (Lipinski definition) is 5. The number of methoxy groups -OCH3 is 1. The summed E-state index contributed by atoms with van der Waals surface area (Å²) in [5, 5.41) is 4.74. The topological polar surface area (TPSA) is 47.0 Å². The molecule has 0 aliphatic carbocycles. The molecule has 0 saturated carbocycles. The normalized spacial score (nSPS) is 12.1. The SMILES string of the molecule is COCCC(C)(C)CNc1nc(Cl)nc2sc(C)cc12. The monoisotopic (exact) mass is 313 g/mol. The van der Waals surface area contributed by atoms with Crippen LogP contribution in [-0.2, 0) is 4.74 Å². The predicted molar refractivity (Wildman–Crippen MR) is 85.9 cm³/mol. The van der Waals surface area contributed by atoms with E-state index >= 15 is 0 Å². The van der Waals surface area contributed by atoms with E-state index in [2.05, 4.69) is 42.1 Å². The molecular formula is C14H20ClN3OS. The third-order valence-electron chi connectivity index (χ3n) is 3.21. The lowest BCUT2D eigenvalue weighted by Crippen LogP contribution is -2.25. The van der Waals surface area contributed by atoms with Gasteiger partial charge in [-0.15, -0.1) is 11.3 Å². The Morgan fingerprint density at radius 3 is 2.85 bits per heavy atom. The van der Waals surface area contributed by atoms with Crippen molar-refractivity contribution >= 4 is 39.0 Å². The van der Waals surface area contributed by atoms with Crippen molar-refractivity contribution in [3.63, 3.8) is 0 Å². The second-order valence-corrected chi connectivity index (χ2v) is 7.25. The Labute approximate surface area is 128 Å². The first-order valence-electron chi connectivity index (χ1n) is 6.58. The molecule has 0 atom stereocenters. The summed E-state index contributed by atoms with van der Waals surface area (Å²) in [6, 6.07) is 2.10. The molecule has 4 nitrogen and oxygen atoms in total. The lowest BCUT2D eigenvalue weighted by Gasteiger charge is -2.25. The predicted octanol–water partition coefficient (Wildman–Crippen LogP) is 4.13. The summed E-state index contributed by atoms with van der Waals surface area (Å²) in [5.41, 5.74) is 0.130. The van der Waals surface area contributed by atoms with Gasteiger partial charge >= 0.3 is 0 Å². The molecule has 2 rings (SSSR count). The molecule has 6 heteroatoms. The molecule has 1 N–H and O–H groups in total. The zero-order chi connectivity index (χ0) is 14.8. The van der Waals surface area contributed by atoms with E-state index in [1.54, 1.807) is 18.4 Å². The van der Waals surface area contributed by atoms with E-state index in [-0.39, 0.29) is 10.7 Å². The molecule has 2 heterocycles. The van der Waals surface area contributed by atoms with Gasteiger partial charge in [0.15, 0.2) is 0 Å². The van der Waals surface area contributed by atoms with Crippen LogP contribution >= 0.6 is 22.9 Å². The number of aromatic nitrogens is 2. The fraction of sp³-hybridized carbons (Fsp3) is 0.571. The van der Waals surface area contributed by atoms with Crippen LogP contribution in [0, 0.1) is 12.3 Å². The van der Waals surface area contributed by atoms with Gasteiger partial charge in [0.2, 0.25) is 5.28 Å². The number of nitrogens with zero attached hydrogens (tertiary/aromatic N) is 2. The fourth-order valence-corrected chi connectivity index (χ4v) is 3.04. The standard InChI is InChI=1S/C14H20ClN3OS/c1-9-7-10-11(17-13(15)18-12(10)20-9)16-8-14(2,3)5-6-19-4/h7H,5-6,8H2,1-4H3,(H,16,17,18). The minimum absolute atomic E-state index is 0.130. The number of halogens is 1. The largest absolute Gasteiger partial charge is 0.385 e. The summed E-state index contributed by atoms with van der Waals surface area (Å²) in [4.78, 5) is 10.7. The number of aryl methyl sites for hydroxylation is 1. The highest BCUT2D eigenvalue weighted by molar-refractivity contribution is 7.18. The summed E-state index contributed by atoms with van der Waals surface area (Å²) in [7, 11) is 1.73. The molecule has 0 bridgehead atoms. The Hall–Kier alpha value is -0.910. The maximum Gasteiger partial charge on any atom is 0.225 e. The highest BCUT2D eigenvalue weighted by Gasteiger charge is 2.19. The average molecular weight is 314 g/mol. The quantitative estimate of drug-likeness (QED) is 0.815. The lowest BCUT2D eigenvalue weighted by atomic mass is 9.90. The van der Waals surface area contributed by atoms with E-state index in [0.717, 1.165) is 35.6 Å². The molecule has 20 heavy (non-hydrogen) atoms. The first-order chi connectivity index (χ1) is 9.41. The van der Waals surface area contributed by atoms with Crippen LogP contribution in [0.1, 0.15) is 25.1 Å². The third kappa shape index (κ3) is 3.81. The number of ether oxygens (including phenoxy) is 1. The second-order valence-electron chi connectivity index (χ2n) is 5.68. The van der Waals surface area contributed by atoms with E-state index in [1.165, 1.54) is 4.88 Å². The lowest BCUT2D eigenvalue weighted by molar-refractivity contribution is 0.157. The fourth-order valence-electron chi connectivity index (χ4n) is 1.94. The Morgan fingerprint density at radius 2 is 2.15 bits per heavy atom. The van der Waals surface area contributed by atoms with Gasteiger partial charge in [-0.05, 0) is 36.4 Å². The number of hydrogen-bond donors (Lipinski definition) is 1. The first-order valence-corrected chi connectivity index (χ1v) is 7.77. The molecule has 0 radical (unpaired) electrons. The molecule has 0 fully saturated rings. The van der Waals surface area contributed by atoms with Crippen molar-refractivity contribution in [1.29, 1.82) is 0 Å². The Kier molecular flexibility index (Phi) is 4.83. The van der Waals surface area contributed by atoms with Gasteiger partial charge < -0.3 is 10.1 Å². The zero-order valence-electron chi connectivity index (χ0n) is 12.3. The van der Waals surface area contributed by atoms with Gasteiger partial charge in [-0.25, -0.2) is 9.97 Å². The number of nitrogens with one attached hydrogen (secondary N) is 1. The second kappa shape index (κ2) is 6.24.